The number of carbonyl (C=O) groups excluding carboxylic acids is 2. The molecule has 0 radical (unpaired) electrons. The Bertz CT molecular complexity index is 1640. The molecule has 0 saturated carbocycles. The lowest BCUT2D eigenvalue weighted by atomic mass is 10.2. The smallest absolute Gasteiger partial charge is 0.271 e. The Kier molecular flexibility index (Phi) is 6.86. The van der Waals surface area contributed by atoms with E-state index in [9.17, 15) is 14.0 Å². The minimum absolute atomic E-state index is 0.0586. The molecule has 8 heteroatoms. The predicted molar refractivity (Wildman–Crippen MR) is 147 cm³/mol. The van der Waals surface area contributed by atoms with Gasteiger partial charge in [0, 0.05) is 51.0 Å². The highest BCUT2D eigenvalue weighted by Gasteiger charge is 2.12. The van der Waals surface area contributed by atoms with Gasteiger partial charge >= 0.3 is 0 Å². The molecule has 0 aliphatic rings. The number of nitrogens with zero attached hydrogens (tertiary/aromatic N) is 3. The average molecular weight is 508 g/mol. The van der Waals surface area contributed by atoms with Crippen LogP contribution in [0, 0.1) is 19.7 Å². The third kappa shape index (κ3) is 5.24. The normalized spacial score (nSPS) is 11.2. The first-order valence-corrected chi connectivity index (χ1v) is 12.1. The molecule has 190 valence electrons. The van der Waals surface area contributed by atoms with Crippen molar-refractivity contribution in [3.8, 4) is 5.69 Å². The molecular weight excluding hydrogens is 481 g/mol. The molecule has 2 aromatic heterocycles. The largest absolute Gasteiger partial charge is 0.337 e. The van der Waals surface area contributed by atoms with Crippen molar-refractivity contribution in [2.45, 2.75) is 20.4 Å². The first-order valence-electron chi connectivity index (χ1n) is 12.1. The number of hydrogen-bond donors (Lipinski definition) is 2. The molecule has 38 heavy (non-hydrogen) atoms. The van der Waals surface area contributed by atoms with Crippen LogP contribution >= 0.6 is 0 Å². The molecule has 0 saturated heterocycles. The van der Waals surface area contributed by atoms with Crippen molar-refractivity contribution in [2.24, 2.45) is 5.10 Å². The van der Waals surface area contributed by atoms with E-state index in [1.165, 1.54) is 24.3 Å². The first kappa shape index (κ1) is 24.7. The lowest BCUT2D eigenvalue weighted by molar-refractivity contribution is -0.116. The number of rotatable bonds is 7. The number of amides is 2. The van der Waals surface area contributed by atoms with Gasteiger partial charge in [-0.1, -0.05) is 24.3 Å². The van der Waals surface area contributed by atoms with Crippen LogP contribution in [0.1, 0.15) is 27.3 Å². The molecule has 0 atom stereocenters. The second-order valence-electron chi connectivity index (χ2n) is 8.99. The van der Waals surface area contributed by atoms with Gasteiger partial charge in [-0.25, -0.2) is 9.82 Å². The SMILES string of the molecule is Cc1ccc(C)n1-c1cccc(C(=O)N/N=C/c2cn(CC(=O)Nc3ccc(F)cc3)c3ccccc23)c1. The van der Waals surface area contributed by atoms with Crippen LogP contribution in [0.5, 0.6) is 0 Å². The molecule has 0 unspecified atom stereocenters. The maximum Gasteiger partial charge on any atom is 0.271 e. The summed E-state index contributed by atoms with van der Waals surface area (Å²) in [4.78, 5) is 25.4. The maximum atomic E-state index is 13.1. The van der Waals surface area contributed by atoms with Crippen LogP contribution in [0.4, 0.5) is 10.1 Å². The molecule has 5 rings (SSSR count). The molecule has 5 aromatic rings. The Morgan fingerprint density at radius 2 is 1.66 bits per heavy atom. The summed E-state index contributed by atoms with van der Waals surface area (Å²) in [5, 5.41) is 7.84. The zero-order valence-corrected chi connectivity index (χ0v) is 21.0. The molecule has 0 aliphatic carbocycles. The molecule has 7 nitrogen and oxygen atoms in total. The fourth-order valence-electron chi connectivity index (χ4n) is 4.48. The predicted octanol–water partition coefficient (Wildman–Crippen LogP) is 5.59. The van der Waals surface area contributed by atoms with Gasteiger partial charge in [-0.05, 0) is 74.5 Å². The summed E-state index contributed by atoms with van der Waals surface area (Å²) in [6, 6.07) is 24.7. The third-order valence-corrected chi connectivity index (χ3v) is 6.27. The van der Waals surface area contributed by atoms with E-state index in [1.807, 2.05) is 79.2 Å². The van der Waals surface area contributed by atoms with E-state index < -0.39 is 0 Å². The summed E-state index contributed by atoms with van der Waals surface area (Å²) in [7, 11) is 0. The standard InChI is InChI=1S/C30H26FN5O2/c1-20-10-11-21(2)36(20)26-7-5-6-22(16-26)30(38)34-32-17-23-18-35(28-9-4-3-8-27(23)28)19-29(37)33-25-14-12-24(31)13-15-25/h3-18H,19H2,1-2H3,(H,33,37)(H,34,38)/b32-17+. The quantitative estimate of drug-likeness (QED) is 0.222. The monoisotopic (exact) mass is 507 g/mol. The topological polar surface area (TPSA) is 80.4 Å². The molecule has 2 amide bonds. The summed E-state index contributed by atoms with van der Waals surface area (Å²) in [6.45, 7) is 4.10. The number of fused-ring (bicyclic) bond motifs is 1. The van der Waals surface area contributed by atoms with Gasteiger partial charge in [0.2, 0.25) is 5.91 Å². The van der Waals surface area contributed by atoms with E-state index in [0.717, 1.165) is 33.5 Å². The molecule has 2 heterocycles. The minimum atomic E-state index is -0.366. The van der Waals surface area contributed by atoms with E-state index in [1.54, 1.807) is 12.3 Å². The van der Waals surface area contributed by atoms with Gasteiger partial charge in [0.25, 0.3) is 5.91 Å². The van der Waals surface area contributed by atoms with Crippen LogP contribution in [-0.2, 0) is 11.3 Å². The fourth-order valence-corrected chi connectivity index (χ4v) is 4.48. The van der Waals surface area contributed by atoms with Crippen molar-refractivity contribution >= 4 is 34.6 Å². The molecule has 0 bridgehead atoms. The molecule has 0 spiro atoms. The van der Waals surface area contributed by atoms with Crippen molar-refractivity contribution in [1.29, 1.82) is 0 Å². The van der Waals surface area contributed by atoms with Crippen LogP contribution in [0.15, 0.2) is 96.2 Å². The molecule has 0 aliphatic heterocycles. The third-order valence-electron chi connectivity index (χ3n) is 6.27. The van der Waals surface area contributed by atoms with Gasteiger partial charge in [-0.3, -0.25) is 9.59 Å². The molecule has 3 aromatic carbocycles. The van der Waals surface area contributed by atoms with Crippen LogP contribution in [0.25, 0.3) is 16.6 Å². The number of aromatic nitrogens is 2. The van der Waals surface area contributed by atoms with Gasteiger partial charge in [0.05, 0.1) is 6.21 Å². The Hall–Kier alpha value is -4.98. The van der Waals surface area contributed by atoms with Gasteiger partial charge in [0.15, 0.2) is 0 Å². The van der Waals surface area contributed by atoms with E-state index in [-0.39, 0.29) is 24.2 Å². The van der Waals surface area contributed by atoms with E-state index in [0.29, 0.717) is 11.3 Å². The van der Waals surface area contributed by atoms with E-state index in [4.69, 9.17) is 0 Å². The summed E-state index contributed by atoms with van der Waals surface area (Å²) in [5.41, 5.74) is 8.29. The average Bonchev–Trinajstić information content (AvgIpc) is 3.44. The van der Waals surface area contributed by atoms with Crippen LogP contribution in [0.2, 0.25) is 0 Å². The number of aryl methyl sites for hydroxylation is 2. The number of hydrogen-bond acceptors (Lipinski definition) is 3. The number of anilines is 1. The lowest BCUT2D eigenvalue weighted by Crippen LogP contribution is -2.18. The van der Waals surface area contributed by atoms with Crippen molar-refractivity contribution < 1.29 is 14.0 Å². The fraction of sp³-hybridized carbons (Fsp3) is 0.100. The van der Waals surface area contributed by atoms with Crippen molar-refractivity contribution in [3.63, 3.8) is 0 Å². The second-order valence-corrected chi connectivity index (χ2v) is 8.99. The Labute approximate surface area is 219 Å². The number of nitrogens with one attached hydrogen (secondary N) is 2. The Morgan fingerprint density at radius 1 is 0.921 bits per heavy atom. The number of hydrazone groups is 1. The van der Waals surface area contributed by atoms with Crippen LogP contribution in [-0.4, -0.2) is 27.2 Å². The molecule has 0 fully saturated rings. The summed E-state index contributed by atoms with van der Waals surface area (Å²) >= 11 is 0. The zero-order chi connectivity index (χ0) is 26.6. The first-order chi connectivity index (χ1) is 18.4. The molecule has 2 N–H and O–H groups in total. The van der Waals surface area contributed by atoms with Crippen molar-refractivity contribution in [1.82, 2.24) is 14.6 Å². The second kappa shape index (κ2) is 10.6. The molecular formula is C30H26FN5O2. The number of halogens is 1. The van der Waals surface area contributed by atoms with Crippen LogP contribution in [0.3, 0.4) is 0 Å². The van der Waals surface area contributed by atoms with Crippen LogP contribution < -0.4 is 10.7 Å². The van der Waals surface area contributed by atoms with E-state index in [2.05, 4.69) is 20.4 Å². The van der Waals surface area contributed by atoms with Gasteiger partial charge in [0.1, 0.15) is 12.4 Å². The highest BCUT2D eigenvalue weighted by Crippen LogP contribution is 2.21. The Balaban J connectivity index is 1.31. The number of para-hydroxylation sites is 1. The highest BCUT2D eigenvalue weighted by atomic mass is 19.1. The van der Waals surface area contributed by atoms with Crippen molar-refractivity contribution in [2.75, 3.05) is 5.32 Å². The number of benzene rings is 3. The summed E-state index contributed by atoms with van der Waals surface area (Å²) in [5.74, 6) is -0.940. The zero-order valence-electron chi connectivity index (χ0n) is 21.0. The Morgan fingerprint density at radius 3 is 2.42 bits per heavy atom. The summed E-state index contributed by atoms with van der Waals surface area (Å²) < 4.78 is 17.0. The highest BCUT2D eigenvalue weighted by molar-refractivity contribution is 6.01. The lowest BCUT2D eigenvalue weighted by Gasteiger charge is -2.10. The number of carbonyl (C=O) groups is 2. The minimum Gasteiger partial charge on any atom is -0.337 e. The van der Waals surface area contributed by atoms with E-state index >= 15 is 0 Å². The van der Waals surface area contributed by atoms with Crippen molar-refractivity contribution in [3.05, 3.63) is 119 Å². The van der Waals surface area contributed by atoms with Gasteiger partial charge in [-0.2, -0.15) is 5.10 Å². The summed E-state index contributed by atoms with van der Waals surface area (Å²) in [6.07, 6.45) is 3.38. The van der Waals surface area contributed by atoms with Gasteiger partial charge < -0.3 is 14.5 Å². The maximum absolute atomic E-state index is 13.1. The van der Waals surface area contributed by atoms with Gasteiger partial charge in [-0.15, -0.1) is 0 Å².